The molecule has 2 nitrogen and oxygen atoms in total. The van der Waals surface area contributed by atoms with E-state index >= 15 is 0 Å². The third kappa shape index (κ3) is 2.62. The van der Waals surface area contributed by atoms with Crippen molar-refractivity contribution >= 4 is 28.6 Å². The van der Waals surface area contributed by atoms with Gasteiger partial charge in [0, 0.05) is 0 Å². The first-order valence-corrected chi connectivity index (χ1v) is 6.62. The van der Waals surface area contributed by atoms with Gasteiger partial charge in [-0.05, 0) is 54.3 Å². The summed E-state index contributed by atoms with van der Waals surface area (Å²) in [5.74, 6) is -5.35. The molecule has 2 rings (SSSR count). The number of benzene rings is 1. The highest BCUT2D eigenvalue weighted by atomic mass is 127. The minimum atomic E-state index is -1.64. The molecule has 1 fully saturated rings. The second kappa shape index (κ2) is 5.46. The summed E-state index contributed by atoms with van der Waals surface area (Å²) in [5.41, 5.74) is -0.551. The molecule has 1 saturated carbocycles. The summed E-state index contributed by atoms with van der Waals surface area (Å²) in [7, 11) is 0. The Balaban J connectivity index is 2.24. The van der Waals surface area contributed by atoms with Gasteiger partial charge in [-0.1, -0.05) is 0 Å². The Hall–Kier alpha value is -0.790. The predicted octanol–water partition coefficient (Wildman–Crippen LogP) is 3.81. The smallest absolute Gasteiger partial charge is 0.341 e. The highest BCUT2D eigenvalue weighted by Gasteiger charge is 2.26. The van der Waals surface area contributed by atoms with Crippen molar-refractivity contribution in [2.24, 2.45) is 0 Å². The highest BCUT2D eigenvalue weighted by Crippen LogP contribution is 2.25. The zero-order chi connectivity index (χ0) is 13.3. The molecule has 0 aliphatic heterocycles. The number of hydrogen-bond acceptors (Lipinski definition) is 2. The third-order valence-electron chi connectivity index (χ3n) is 2.90. The molecular formula is C12H10F3IO2. The lowest BCUT2D eigenvalue weighted by Crippen LogP contribution is -2.17. The molecule has 1 aliphatic carbocycles. The molecule has 0 atom stereocenters. The number of hydrogen-bond donors (Lipinski definition) is 0. The lowest BCUT2D eigenvalue weighted by molar-refractivity contribution is 0.0311. The Morgan fingerprint density at radius 3 is 2.39 bits per heavy atom. The molecule has 98 valence electrons. The summed E-state index contributed by atoms with van der Waals surface area (Å²) in [6, 6.07) is 0.964. The zero-order valence-corrected chi connectivity index (χ0v) is 11.5. The quantitative estimate of drug-likeness (QED) is 0.343. The van der Waals surface area contributed by atoms with Crippen LogP contribution in [0.4, 0.5) is 13.2 Å². The van der Waals surface area contributed by atoms with Crippen LogP contribution in [-0.2, 0) is 4.74 Å². The van der Waals surface area contributed by atoms with Gasteiger partial charge >= 0.3 is 5.97 Å². The first-order valence-electron chi connectivity index (χ1n) is 5.54. The Morgan fingerprint density at radius 2 is 1.78 bits per heavy atom. The number of ether oxygens (including phenoxy) is 1. The Morgan fingerprint density at radius 1 is 1.17 bits per heavy atom. The average Bonchev–Trinajstić information content (AvgIpc) is 2.83. The fourth-order valence-corrected chi connectivity index (χ4v) is 2.49. The van der Waals surface area contributed by atoms with Crippen LogP contribution in [0.1, 0.15) is 36.0 Å². The van der Waals surface area contributed by atoms with E-state index in [1.165, 1.54) is 22.6 Å². The summed E-state index contributed by atoms with van der Waals surface area (Å²) < 4.78 is 44.6. The molecule has 0 radical (unpaired) electrons. The van der Waals surface area contributed by atoms with E-state index in [0.717, 1.165) is 31.7 Å². The molecule has 1 aromatic rings. The number of esters is 1. The van der Waals surface area contributed by atoms with E-state index < -0.39 is 29.0 Å². The molecule has 1 aromatic carbocycles. The molecule has 1 aliphatic rings. The van der Waals surface area contributed by atoms with Gasteiger partial charge in [-0.25, -0.2) is 18.0 Å². The molecular weight excluding hydrogens is 360 g/mol. The van der Waals surface area contributed by atoms with Crippen molar-refractivity contribution in [3.05, 3.63) is 32.7 Å². The van der Waals surface area contributed by atoms with E-state index in [9.17, 15) is 18.0 Å². The fourth-order valence-electron chi connectivity index (χ4n) is 1.94. The van der Waals surface area contributed by atoms with Crippen LogP contribution in [0.2, 0.25) is 0 Å². The molecule has 0 bridgehead atoms. The van der Waals surface area contributed by atoms with Gasteiger partial charge in [0.05, 0.1) is 9.13 Å². The van der Waals surface area contributed by atoms with E-state index in [2.05, 4.69) is 0 Å². The summed E-state index contributed by atoms with van der Waals surface area (Å²) >= 11 is 1.50. The normalized spacial score (nSPS) is 16.0. The van der Waals surface area contributed by atoms with Crippen molar-refractivity contribution in [1.29, 1.82) is 0 Å². The summed E-state index contributed by atoms with van der Waals surface area (Å²) in [6.45, 7) is 0. The summed E-state index contributed by atoms with van der Waals surface area (Å²) in [6.07, 6.45) is 3.12. The van der Waals surface area contributed by atoms with Crippen LogP contribution in [0.15, 0.2) is 6.07 Å². The highest BCUT2D eigenvalue weighted by molar-refractivity contribution is 14.1. The van der Waals surface area contributed by atoms with Gasteiger partial charge in [-0.2, -0.15) is 0 Å². The number of rotatable bonds is 2. The Bertz CT molecular complexity index is 485. The van der Waals surface area contributed by atoms with Crippen LogP contribution in [0.3, 0.4) is 0 Å². The molecule has 0 unspecified atom stereocenters. The van der Waals surface area contributed by atoms with Crippen molar-refractivity contribution in [2.75, 3.05) is 0 Å². The van der Waals surface area contributed by atoms with E-state index in [-0.39, 0.29) is 9.67 Å². The average molecular weight is 370 g/mol. The Kier molecular flexibility index (Phi) is 4.14. The second-order valence-electron chi connectivity index (χ2n) is 4.16. The van der Waals surface area contributed by atoms with Crippen LogP contribution in [-0.4, -0.2) is 12.1 Å². The van der Waals surface area contributed by atoms with Crippen molar-refractivity contribution in [1.82, 2.24) is 0 Å². The van der Waals surface area contributed by atoms with Crippen molar-refractivity contribution in [2.45, 2.75) is 31.8 Å². The van der Waals surface area contributed by atoms with Crippen LogP contribution < -0.4 is 0 Å². The van der Waals surface area contributed by atoms with E-state index in [1.54, 1.807) is 0 Å². The SMILES string of the molecule is O=C(OC1CCCC1)c1cc(I)c(F)c(F)c1F. The van der Waals surface area contributed by atoms with Crippen LogP contribution in [0.5, 0.6) is 0 Å². The molecule has 0 spiro atoms. The maximum Gasteiger partial charge on any atom is 0.341 e. The molecule has 0 aromatic heterocycles. The van der Waals surface area contributed by atoms with Gasteiger partial charge in [-0.3, -0.25) is 0 Å². The summed E-state index contributed by atoms with van der Waals surface area (Å²) in [5, 5.41) is 0. The minimum absolute atomic E-state index is 0.148. The van der Waals surface area contributed by atoms with Crippen molar-refractivity contribution in [3.63, 3.8) is 0 Å². The van der Waals surface area contributed by atoms with Gasteiger partial charge in [-0.15, -0.1) is 0 Å². The van der Waals surface area contributed by atoms with E-state index in [4.69, 9.17) is 4.74 Å². The number of carbonyl (C=O) groups is 1. The van der Waals surface area contributed by atoms with Gasteiger partial charge in [0.25, 0.3) is 0 Å². The second-order valence-corrected chi connectivity index (χ2v) is 5.32. The molecule has 0 amide bonds. The standard InChI is InChI=1S/C12H10F3IO2/c13-9-7(5-8(16)10(14)11(9)15)12(17)18-6-3-1-2-4-6/h5-6H,1-4H2. The molecule has 0 heterocycles. The predicted molar refractivity (Wildman–Crippen MR) is 66.7 cm³/mol. The molecule has 18 heavy (non-hydrogen) atoms. The van der Waals surface area contributed by atoms with E-state index in [1.807, 2.05) is 0 Å². The third-order valence-corrected chi connectivity index (χ3v) is 3.68. The van der Waals surface area contributed by atoms with Gasteiger partial charge in [0.1, 0.15) is 6.10 Å². The largest absolute Gasteiger partial charge is 0.459 e. The fraction of sp³-hybridized carbons (Fsp3) is 0.417. The lowest BCUT2D eigenvalue weighted by atomic mass is 10.2. The van der Waals surface area contributed by atoms with Crippen LogP contribution >= 0.6 is 22.6 Å². The maximum absolute atomic E-state index is 13.4. The van der Waals surface area contributed by atoms with Gasteiger partial charge in [0.15, 0.2) is 17.5 Å². The number of carbonyl (C=O) groups excluding carboxylic acids is 1. The monoisotopic (exact) mass is 370 g/mol. The number of halogens is 4. The maximum atomic E-state index is 13.4. The van der Waals surface area contributed by atoms with E-state index in [0.29, 0.717) is 0 Å². The summed E-state index contributed by atoms with van der Waals surface area (Å²) in [4.78, 5) is 11.7. The van der Waals surface area contributed by atoms with Crippen molar-refractivity contribution < 1.29 is 22.7 Å². The molecule has 0 saturated heterocycles. The minimum Gasteiger partial charge on any atom is -0.459 e. The van der Waals surface area contributed by atoms with Crippen LogP contribution in [0, 0.1) is 21.0 Å². The first kappa shape index (κ1) is 13.6. The van der Waals surface area contributed by atoms with Crippen LogP contribution in [0.25, 0.3) is 0 Å². The topological polar surface area (TPSA) is 26.3 Å². The Labute approximate surface area is 116 Å². The lowest BCUT2D eigenvalue weighted by Gasteiger charge is -2.12. The van der Waals surface area contributed by atoms with Gasteiger partial charge in [0.2, 0.25) is 0 Å². The van der Waals surface area contributed by atoms with Gasteiger partial charge < -0.3 is 4.74 Å². The molecule has 0 N–H and O–H groups in total. The molecule has 6 heteroatoms. The zero-order valence-electron chi connectivity index (χ0n) is 9.31. The first-order chi connectivity index (χ1) is 8.50. The van der Waals surface area contributed by atoms with Crippen molar-refractivity contribution in [3.8, 4) is 0 Å².